The van der Waals surface area contributed by atoms with Crippen LogP contribution in [-0.2, 0) is 21.2 Å². The third-order valence-electron chi connectivity index (χ3n) is 3.55. The number of benzene rings is 2. The van der Waals surface area contributed by atoms with Crippen LogP contribution in [0.4, 0.5) is 0 Å². The molecule has 6 heteroatoms. The van der Waals surface area contributed by atoms with Gasteiger partial charge in [-0.25, -0.2) is 13.6 Å². The Morgan fingerprint density at radius 1 is 1.13 bits per heavy atom. The second kappa shape index (κ2) is 7.39. The largest absolute Gasteiger partial charge is 0.350 e. The number of nitrogens with one attached hydrogen (secondary N) is 1. The molecule has 0 fully saturated rings. The highest BCUT2D eigenvalue weighted by Gasteiger charge is 2.13. The van der Waals surface area contributed by atoms with Crippen molar-refractivity contribution in [2.24, 2.45) is 5.14 Å². The summed E-state index contributed by atoms with van der Waals surface area (Å²) in [6, 6.07) is 15.8. The molecule has 0 bridgehead atoms. The zero-order valence-electron chi connectivity index (χ0n) is 12.9. The average molecular weight is 332 g/mol. The van der Waals surface area contributed by atoms with E-state index in [2.05, 4.69) is 5.32 Å². The first kappa shape index (κ1) is 17.2. The maximum Gasteiger partial charge on any atom is 0.238 e. The molecule has 0 aliphatic rings. The molecule has 0 aliphatic heterocycles. The van der Waals surface area contributed by atoms with Crippen molar-refractivity contribution in [1.82, 2.24) is 5.32 Å². The van der Waals surface area contributed by atoms with Crippen LogP contribution in [-0.4, -0.2) is 14.3 Å². The Morgan fingerprint density at radius 3 is 2.48 bits per heavy atom. The molecule has 23 heavy (non-hydrogen) atoms. The Morgan fingerprint density at radius 2 is 1.83 bits per heavy atom. The molecular weight excluding hydrogens is 312 g/mol. The van der Waals surface area contributed by atoms with Gasteiger partial charge in [0.05, 0.1) is 10.9 Å². The third-order valence-corrected chi connectivity index (χ3v) is 4.46. The molecule has 1 amide bonds. The van der Waals surface area contributed by atoms with Gasteiger partial charge in [-0.15, -0.1) is 0 Å². The fraction of sp³-hybridized carbons (Fsp3) is 0.235. The summed E-state index contributed by atoms with van der Waals surface area (Å²) in [5.74, 6) is -0.0811. The van der Waals surface area contributed by atoms with Crippen molar-refractivity contribution in [3.8, 4) is 0 Å². The molecule has 122 valence electrons. The molecule has 1 unspecified atom stereocenters. The number of nitrogens with two attached hydrogens (primary N) is 1. The van der Waals surface area contributed by atoms with Crippen LogP contribution < -0.4 is 10.5 Å². The summed E-state index contributed by atoms with van der Waals surface area (Å²) in [6.07, 6.45) is 1.04. The Kier molecular flexibility index (Phi) is 5.52. The van der Waals surface area contributed by atoms with Crippen molar-refractivity contribution in [1.29, 1.82) is 0 Å². The van der Waals surface area contributed by atoms with Gasteiger partial charge in [0.1, 0.15) is 0 Å². The van der Waals surface area contributed by atoms with Crippen LogP contribution in [0.2, 0.25) is 0 Å². The fourth-order valence-electron chi connectivity index (χ4n) is 2.26. The smallest absolute Gasteiger partial charge is 0.238 e. The first-order chi connectivity index (χ1) is 10.9. The van der Waals surface area contributed by atoms with Gasteiger partial charge in [0.2, 0.25) is 15.9 Å². The normalized spacial score (nSPS) is 12.6. The van der Waals surface area contributed by atoms with Gasteiger partial charge in [0, 0.05) is 6.42 Å². The minimum absolute atomic E-state index is 0.0420. The Labute approximate surface area is 136 Å². The van der Waals surface area contributed by atoms with Crippen molar-refractivity contribution < 1.29 is 13.2 Å². The molecule has 0 saturated heterocycles. The van der Waals surface area contributed by atoms with Crippen molar-refractivity contribution >= 4 is 15.9 Å². The number of hydrogen-bond acceptors (Lipinski definition) is 3. The lowest BCUT2D eigenvalue weighted by atomic mass is 10.1. The zero-order chi connectivity index (χ0) is 16.9. The number of sulfonamides is 1. The number of hydrogen-bond donors (Lipinski definition) is 2. The number of aryl methyl sites for hydroxylation is 1. The van der Waals surface area contributed by atoms with Gasteiger partial charge < -0.3 is 5.32 Å². The summed E-state index contributed by atoms with van der Waals surface area (Å²) >= 11 is 0. The van der Waals surface area contributed by atoms with Crippen LogP contribution in [0.3, 0.4) is 0 Å². The lowest BCUT2D eigenvalue weighted by Gasteiger charge is -2.15. The van der Waals surface area contributed by atoms with Crippen LogP contribution in [0.25, 0.3) is 0 Å². The van der Waals surface area contributed by atoms with Gasteiger partial charge in [-0.05, 0) is 36.6 Å². The molecule has 0 heterocycles. The van der Waals surface area contributed by atoms with Crippen molar-refractivity contribution in [2.45, 2.75) is 30.7 Å². The topological polar surface area (TPSA) is 89.3 Å². The molecule has 0 aromatic heterocycles. The predicted octanol–water partition coefficient (Wildman–Crippen LogP) is 2.14. The van der Waals surface area contributed by atoms with Crippen LogP contribution in [0, 0.1) is 0 Å². The van der Waals surface area contributed by atoms with Crippen molar-refractivity contribution in [3.05, 3.63) is 65.7 Å². The van der Waals surface area contributed by atoms with E-state index in [1.807, 2.05) is 37.3 Å². The zero-order valence-corrected chi connectivity index (χ0v) is 13.7. The summed E-state index contributed by atoms with van der Waals surface area (Å²) in [5.41, 5.74) is 1.80. The van der Waals surface area contributed by atoms with E-state index in [0.717, 1.165) is 5.56 Å². The second-order valence-electron chi connectivity index (χ2n) is 5.39. The summed E-state index contributed by atoms with van der Waals surface area (Å²) in [7, 11) is -3.75. The van der Waals surface area contributed by atoms with Gasteiger partial charge in [0.15, 0.2) is 0 Å². The molecule has 0 spiro atoms. The van der Waals surface area contributed by atoms with Crippen LogP contribution in [0.15, 0.2) is 59.5 Å². The predicted molar refractivity (Wildman–Crippen MR) is 89.1 cm³/mol. The molecule has 0 aliphatic carbocycles. The molecule has 0 saturated carbocycles. The fourth-order valence-corrected chi connectivity index (χ4v) is 2.83. The number of carbonyl (C=O) groups excluding carboxylic acids is 1. The minimum atomic E-state index is -3.75. The van der Waals surface area contributed by atoms with Crippen molar-refractivity contribution in [2.75, 3.05) is 0 Å². The molecule has 0 radical (unpaired) electrons. The van der Waals surface area contributed by atoms with E-state index in [1.165, 1.54) is 12.1 Å². The summed E-state index contributed by atoms with van der Waals surface area (Å²) in [5, 5.41) is 7.99. The lowest BCUT2D eigenvalue weighted by molar-refractivity contribution is -0.121. The summed E-state index contributed by atoms with van der Waals surface area (Å²) < 4.78 is 22.8. The molecule has 5 nitrogen and oxygen atoms in total. The molecular formula is C17H20N2O3S. The van der Waals surface area contributed by atoms with E-state index in [9.17, 15) is 13.2 Å². The third kappa shape index (κ3) is 5.19. The standard InChI is InChI=1S/C17H20N2O3S/c1-13(15-8-5-9-16(12-15)23(18,21)22)19-17(20)11-10-14-6-3-2-4-7-14/h2-9,12-13H,10-11H2,1H3,(H,19,20)(H2,18,21,22). The number of amides is 1. The highest BCUT2D eigenvalue weighted by atomic mass is 32.2. The molecule has 3 N–H and O–H groups in total. The monoisotopic (exact) mass is 332 g/mol. The molecule has 2 aromatic rings. The van der Waals surface area contributed by atoms with Gasteiger partial charge in [-0.2, -0.15) is 0 Å². The lowest BCUT2D eigenvalue weighted by Crippen LogP contribution is -2.27. The molecule has 2 aromatic carbocycles. The second-order valence-corrected chi connectivity index (χ2v) is 6.95. The van der Waals surface area contributed by atoms with E-state index in [4.69, 9.17) is 5.14 Å². The highest BCUT2D eigenvalue weighted by Crippen LogP contribution is 2.17. The van der Waals surface area contributed by atoms with Crippen LogP contribution in [0.1, 0.15) is 30.5 Å². The quantitative estimate of drug-likeness (QED) is 0.849. The minimum Gasteiger partial charge on any atom is -0.350 e. The summed E-state index contributed by atoms with van der Waals surface area (Å²) in [6.45, 7) is 1.81. The maximum absolute atomic E-state index is 12.0. The van der Waals surface area contributed by atoms with Gasteiger partial charge in [-0.1, -0.05) is 42.5 Å². The Bertz CT molecular complexity index is 773. The SMILES string of the molecule is CC(NC(=O)CCc1ccccc1)c1cccc(S(N)(=O)=O)c1. The molecule has 2 rings (SSSR count). The van der Waals surface area contributed by atoms with Crippen LogP contribution in [0.5, 0.6) is 0 Å². The van der Waals surface area contributed by atoms with Crippen LogP contribution >= 0.6 is 0 Å². The summed E-state index contributed by atoms with van der Waals surface area (Å²) in [4.78, 5) is 12.1. The van der Waals surface area contributed by atoms with Gasteiger partial charge >= 0.3 is 0 Å². The highest BCUT2D eigenvalue weighted by molar-refractivity contribution is 7.89. The van der Waals surface area contributed by atoms with E-state index in [0.29, 0.717) is 18.4 Å². The number of carbonyl (C=O) groups is 1. The first-order valence-corrected chi connectivity index (χ1v) is 8.87. The molecule has 1 atom stereocenters. The maximum atomic E-state index is 12.0. The Balaban J connectivity index is 1.96. The van der Waals surface area contributed by atoms with Gasteiger partial charge in [-0.3, -0.25) is 4.79 Å². The van der Waals surface area contributed by atoms with Gasteiger partial charge in [0.25, 0.3) is 0 Å². The van der Waals surface area contributed by atoms with E-state index in [1.54, 1.807) is 12.1 Å². The van der Waals surface area contributed by atoms with E-state index in [-0.39, 0.29) is 16.8 Å². The van der Waals surface area contributed by atoms with E-state index < -0.39 is 10.0 Å². The first-order valence-electron chi connectivity index (χ1n) is 7.32. The Hall–Kier alpha value is -2.18. The average Bonchev–Trinajstić information content (AvgIpc) is 2.53. The number of rotatable bonds is 6. The van der Waals surface area contributed by atoms with E-state index >= 15 is 0 Å². The van der Waals surface area contributed by atoms with Crippen molar-refractivity contribution in [3.63, 3.8) is 0 Å². The number of primary sulfonamides is 1.